The second-order valence-corrected chi connectivity index (χ2v) is 6.62. The highest BCUT2D eigenvalue weighted by Gasteiger charge is 2.16. The van der Waals surface area contributed by atoms with Gasteiger partial charge in [0.1, 0.15) is 5.51 Å². The summed E-state index contributed by atoms with van der Waals surface area (Å²) in [5.74, 6) is 0. The zero-order chi connectivity index (χ0) is 16.8. The maximum Gasteiger partial charge on any atom is 0.321 e. The van der Waals surface area contributed by atoms with Crippen LogP contribution in [0.25, 0.3) is 0 Å². The van der Waals surface area contributed by atoms with Crippen molar-refractivity contribution in [1.29, 1.82) is 0 Å². The molecule has 1 unspecified atom stereocenters. The molecule has 2 amide bonds. The number of nitrogens with one attached hydrogen (secondary N) is 2. The van der Waals surface area contributed by atoms with Gasteiger partial charge in [0.05, 0.1) is 12.7 Å². The minimum absolute atomic E-state index is 0.279. The van der Waals surface area contributed by atoms with Gasteiger partial charge in [-0.1, -0.05) is 35.6 Å². The van der Waals surface area contributed by atoms with E-state index >= 15 is 0 Å². The van der Waals surface area contributed by atoms with Crippen LogP contribution >= 0.6 is 11.3 Å². The van der Waals surface area contributed by atoms with E-state index in [0.29, 0.717) is 11.7 Å². The molecule has 0 bridgehead atoms. The van der Waals surface area contributed by atoms with Crippen LogP contribution in [-0.2, 0) is 17.8 Å². The van der Waals surface area contributed by atoms with Gasteiger partial charge in [0.2, 0.25) is 5.13 Å². The van der Waals surface area contributed by atoms with E-state index in [-0.39, 0.29) is 12.1 Å². The highest BCUT2D eigenvalue weighted by Crippen LogP contribution is 2.12. The van der Waals surface area contributed by atoms with Crippen LogP contribution in [0.2, 0.25) is 0 Å². The summed E-state index contributed by atoms with van der Waals surface area (Å²) in [4.78, 5) is 14.2. The van der Waals surface area contributed by atoms with E-state index in [9.17, 15) is 4.79 Å². The molecule has 1 saturated heterocycles. The quantitative estimate of drug-likeness (QED) is 0.866. The lowest BCUT2D eigenvalue weighted by atomic mass is 10.1. The highest BCUT2D eigenvalue weighted by atomic mass is 32.1. The number of anilines is 1. The SMILES string of the molecule is CC1CN(Cc2cccc(CNC(=O)Nc3nncs3)c2)CCO1. The molecule has 1 aromatic heterocycles. The number of nitrogens with zero attached hydrogens (tertiary/aromatic N) is 3. The van der Waals surface area contributed by atoms with Gasteiger partial charge in [0, 0.05) is 26.2 Å². The van der Waals surface area contributed by atoms with Crippen LogP contribution < -0.4 is 10.6 Å². The average molecular weight is 347 g/mol. The molecule has 0 radical (unpaired) electrons. The Labute approximate surface area is 145 Å². The van der Waals surface area contributed by atoms with Gasteiger partial charge in [-0.25, -0.2) is 4.79 Å². The lowest BCUT2D eigenvalue weighted by molar-refractivity contribution is -0.0212. The Kier molecular flexibility index (Phi) is 5.73. The van der Waals surface area contributed by atoms with E-state index in [2.05, 4.69) is 44.8 Å². The van der Waals surface area contributed by atoms with Crippen molar-refractivity contribution in [3.63, 3.8) is 0 Å². The summed E-state index contributed by atoms with van der Waals surface area (Å²) >= 11 is 1.29. The summed E-state index contributed by atoms with van der Waals surface area (Å²) in [5.41, 5.74) is 3.89. The molecule has 1 aliphatic heterocycles. The van der Waals surface area contributed by atoms with Gasteiger partial charge >= 0.3 is 6.03 Å². The van der Waals surface area contributed by atoms with Crippen LogP contribution in [-0.4, -0.2) is 46.9 Å². The second kappa shape index (κ2) is 8.18. The van der Waals surface area contributed by atoms with Crippen molar-refractivity contribution >= 4 is 22.5 Å². The summed E-state index contributed by atoms with van der Waals surface area (Å²) in [6.45, 7) is 6.16. The van der Waals surface area contributed by atoms with Crippen LogP contribution in [0.15, 0.2) is 29.8 Å². The first-order chi connectivity index (χ1) is 11.7. The largest absolute Gasteiger partial charge is 0.376 e. The molecule has 2 heterocycles. The number of carbonyl (C=O) groups is 1. The van der Waals surface area contributed by atoms with Crippen LogP contribution in [0.1, 0.15) is 18.1 Å². The van der Waals surface area contributed by atoms with E-state index in [4.69, 9.17) is 4.74 Å². The molecule has 0 spiro atoms. The molecule has 2 N–H and O–H groups in total. The lowest BCUT2D eigenvalue weighted by Crippen LogP contribution is -2.40. The molecular formula is C16H21N5O2S. The Bertz CT molecular complexity index is 664. The maximum absolute atomic E-state index is 11.8. The molecule has 1 fully saturated rings. The van der Waals surface area contributed by atoms with Gasteiger partial charge in [0.15, 0.2) is 0 Å². The third-order valence-corrected chi connectivity index (χ3v) is 4.36. The smallest absolute Gasteiger partial charge is 0.321 e. The molecule has 128 valence electrons. The van der Waals surface area contributed by atoms with Gasteiger partial charge in [-0.15, -0.1) is 10.2 Å². The second-order valence-electron chi connectivity index (χ2n) is 5.79. The summed E-state index contributed by atoms with van der Waals surface area (Å²) in [6.07, 6.45) is 0.285. The van der Waals surface area contributed by atoms with Crippen molar-refractivity contribution in [2.24, 2.45) is 0 Å². The fourth-order valence-electron chi connectivity index (χ4n) is 2.68. The van der Waals surface area contributed by atoms with Crippen LogP contribution in [0, 0.1) is 0 Å². The Hall–Kier alpha value is -2.03. The van der Waals surface area contributed by atoms with Crippen molar-refractivity contribution < 1.29 is 9.53 Å². The average Bonchev–Trinajstić information content (AvgIpc) is 3.06. The number of urea groups is 1. The van der Waals surface area contributed by atoms with E-state index in [1.165, 1.54) is 16.9 Å². The first kappa shape index (κ1) is 16.8. The van der Waals surface area contributed by atoms with Gasteiger partial charge in [0.25, 0.3) is 0 Å². The third-order valence-electron chi connectivity index (χ3n) is 3.76. The summed E-state index contributed by atoms with van der Waals surface area (Å²) < 4.78 is 5.57. The van der Waals surface area contributed by atoms with Crippen molar-refractivity contribution in [2.45, 2.75) is 26.1 Å². The third kappa shape index (κ3) is 4.98. The van der Waals surface area contributed by atoms with Crippen molar-refractivity contribution in [3.8, 4) is 0 Å². The predicted molar refractivity (Wildman–Crippen MR) is 92.9 cm³/mol. The standard InChI is InChI=1S/C16H21N5O2S/c1-12-9-21(5-6-23-12)10-14-4-2-3-13(7-14)8-17-15(22)19-16-20-18-11-24-16/h2-4,7,11-12H,5-6,8-10H2,1H3,(H2,17,19,20,22). The summed E-state index contributed by atoms with van der Waals surface area (Å²) in [6, 6.07) is 8.01. The zero-order valence-corrected chi connectivity index (χ0v) is 14.4. The summed E-state index contributed by atoms with van der Waals surface area (Å²) in [5, 5.41) is 13.4. The number of amides is 2. The fraction of sp³-hybridized carbons (Fsp3) is 0.438. The topological polar surface area (TPSA) is 79.4 Å². The molecule has 8 heteroatoms. The Balaban J connectivity index is 1.50. The number of ether oxygens (including phenoxy) is 1. The van der Waals surface area contributed by atoms with E-state index in [1.54, 1.807) is 5.51 Å². The Morgan fingerprint density at radius 2 is 2.33 bits per heavy atom. The molecule has 1 aliphatic rings. The number of aromatic nitrogens is 2. The number of carbonyl (C=O) groups excluding carboxylic acids is 1. The van der Waals surface area contributed by atoms with Crippen LogP contribution in [0.4, 0.5) is 9.93 Å². The Morgan fingerprint density at radius 1 is 1.46 bits per heavy atom. The maximum atomic E-state index is 11.8. The van der Waals surface area contributed by atoms with Crippen LogP contribution in [0.5, 0.6) is 0 Å². The normalized spacial score (nSPS) is 18.3. The molecule has 1 aromatic carbocycles. The molecule has 3 rings (SSSR count). The molecule has 0 saturated carbocycles. The van der Waals surface area contributed by atoms with Crippen LogP contribution in [0.3, 0.4) is 0 Å². The number of hydrogen-bond acceptors (Lipinski definition) is 6. The van der Waals surface area contributed by atoms with E-state index in [1.807, 2.05) is 12.1 Å². The number of morpholine rings is 1. The molecule has 7 nitrogen and oxygen atoms in total. The first-order valence-corrected chi connectivity index (χ1v) is 8.80. The van der Waals surface area contributed by atoms with Gasteiger partial charge < -0.3 is 10.1 Å². The van der Waals surface area contributed by atoms with E-state index in [0.717, 1.165) is 31.8 Å². The Morgan fingerprint density at radius 3 is 3.12 bits per heavy atom. The lowest BCUT2D eigenvalue weighted by Gasteiger charge is -2.31. The minimum Gasteiger partial charge on any atom is -0.376 e. The van der Waals surface area contributed by atoms with E-state index < -0.39 is 0 Å². The molecule has 1 atom stereocenters. The molecule has 0 aliphatic carbocycles. The zero-order valence-electron chi connectivity index (χ0n) is 13.6. The number of hydrogen-bond donors (Lipinski definition) is 2. The minimum atomic E-state index is -0.279. The fourth-order valence-corrected chi connectivity index (χ4v) is 3.12. The summed E-state index contributed by atoms with van der Waals surface area (Å²) in [7, 11) is 0. The highest BCUT2D eigenvalue weighted by molar-refractivity contribution is 7.13. The number of rotatable bonds is 5. The predicted octanol–water partition coefficient (Wildman–Crippen LogP) is 2.08. The van der Waals surface area contributed by atoms with Crippen molar-refractivity contribution in [3.05, 3.63) is 40.9 Å². The van der Waals surface area contributed by atoms with Gasteiger partial charge in [-0.3, -0.25) is 10.2 Å². The molecule has 2 aromatic rings. The first-order valence-electron chi connectivity index (χ1n) is 7.92. The molecule has 24 heavy (non-hydrogen) atoms. The van der Waals surface area contributed by atoms with Gasteiger partial charge in [-0.05, 0) is 18.1 Å². The van der Waals surface area contributed by atoms with Crippen molar-refractivity contribution in [2.75, 3.05) is 25.0 Å². The molecular weight excluding hydrogens is 326 g/mol. The van der Waals surface area contributed by atoms with Gasteiger partial charge in [-0.2, -0.15) is 0 Å². The van der Waals surface area contributed by atoms with Crippen molar-refractivity contribution in [1.82, 2.24) is 20.4 Å². The monoisotopic (exact) mass is 347 g/mol. The number of benzene rings is 1.